The fourth-order valence-corrected chi connectivity index (χ4v) is 0.200. The third-order valence-corrected chi connectivity index (χ3v) is 0.421. The van der Waals surface area contributed by atoms with Gasteiger partial charge in [0.1, 0.15) is 0 Å². The Balaban J connectivity index is 2.59. The molecule has 0 unspecified atom stereocenters. The van der Waals surface area contributed by atoms with E-state index in [2.05, 4.69) is 27.9 Å². The summed E-state index contributed by atoms with van der Waals surface area (Å²) in [5.41, 5.74) is 4.92. The second-order valence-corrected chi connectivity index (χ2v) is 0.883. The van der Waals surface area contributed by atoms with Crippen LogP contribution in [0.3, 0.4) is 0 Å². The zero-order valence-corrected chi connectivity index (χ0v) is 3.10. The summed E-state index contributed by atoms with van der Waals surface area (Å²) in [5.74, 6) is 0.551. The lowest BCUT2D eigenvalue weighted by molar-refractivity contribution is 0.690. The molecular weight excluding hydrogens is 80.0 g/mol. The van der Waals surface area contributed by atoms with Crippen LogP contribution < -0.4 is 11.0 Å². The zero-order valence-electron chi connectivity index (χ0n) is 3.10. The van der Waals surface area contributed by atoms with Crippen LogP contribution in [0.1, 0.15) is 0 Å². The van der Waals surface area contributed by atoms with Crippen molar-refractivity contribution < 1.29 is 0 Å². The van der Waals surface area contributed by atoms with Crippen LogP contribution in [0.2, 0.25) is 0 Å². The molecular formula is C2H4N4. The molecule has 0 aromatic rings. The van der Waals surface area contributed by atoms with Gasteiger partial charge in [-0.25, -0.2) is 5.53 Å². The molecule has 1 heterocycles. The molecule has 0 aromatic heterocycles. The fraction of sp³-hybridized carbons (Fsp3) is 0. The molecule has 4 nitrogen and oxygen atoms in total. The summed E-state index contributed by atoms with van der Waals surface area (Å²) in [5, 5.41) is 6.77. The van der Waals surface area contributed by atoms with Crippen LogP contribution >= 0.6 is 0 Å². The average molecular weight is 84.1 g/mol. The number of rotatable bonds is 0. The zero-order chi connectivity index (χ0) is 4.41. The van der Waals surface area contributed by atoms with E-state index in [1.54, 1.807) is 0 Å². The smallest absolute Gasteiger partial charge is 0.162 e. The Bertz CT molecular complexity index is 93.7. The number of nitrogens with zero attached hydrogens (tertiary/aromatic N) is 2. The van der Waals surface area contributed by atoms with Crippen molar-refractivity contribution in [1.82, 2.24) is 11.0 Å². The van der Waals surface area contributed by atoms with Gasteiger partial charge in [0, 0.05) is 0 Å². The van der Waals surface area contributed by atoms with E-state index in [1.807, 2.05) is 0 Å². The maximum Gasteiger partial charge on any atom is 0.162 e. The molecule has 0 atom stereocenters. The molecule has 2 N–H and O–H groups in total. The molecule has 0 radical (unpaired) electrons. The largest absolute Gasteiger partial charge is 0.266 e. The van der Waals surface area contributed by atoms with Gasteiger partial charge in [-0.2, -0.15) is 0 Å². The molecule has 0 bridgehead atoms. The standard InChI is InChI=1S/C2H4N4/c1-2-3-5-6-4-2/h1H2,(H,3,6)(H,4,5). The first-order valence-corrected chi connectivity index (χ1v) is 1.50. The summed E-state index contributed by atoms with van der Waals surface area (Å²) in [4.78, 5) is 0. The molecule has 1 aliphatic rings. The SMILES string of the molecule is C=C1N=NNN1. The van der Waals surface area contributed by atoms with E-state index in [1.165, 1.54) is 0 Å². The lowest BCUT2D eigenvalue weighted by Gasteiger charge is -1.84. The maximum atomic E-state index is 3.44. The molecule has 0 fully saturated rings. The summed E-state index contributed by atoms with van der Waals surface area (Å²) < 4.78 is 0. The number of nitrogens with one attached hydrogen (secondary N) is 2. The van der Waals surface area contributed by atoms with E-state index in [0.29, 0.717) is 5.82 Å². The van der Waals surface area contributed by atoms with E-state index < -0.39 is 0 Å². The predicted octanol–water partition coefficient (Wildman–Crippen LogP) is -0.0674. The summed E-state index contributed by atoms with van der Waals surface area (Å²) in [6.45, 7) is 3.42. The van der Waals surface area contributed by atoms with Gasteiger partial charge in [0.15, 0.2) is 5.82 Å². The van der Waals surface area contributed by atoms with Crippen LogP contribution in [-0.4, -0.2) is 0 Å². The minimum Gasteiger partial charge on any atom is -0.266 e. The molecule has 32 valence electrons. The van der Waals surface area contributed by atoms with Crippen molar-refractivity contribution in [2.45, 2.75) is 0 Å². The van der Waals surface area contributed by atoms with E-state index in [9.17, 15) is 0 Å². The summed E-state index contributed by atoms with van der Waals surface area (Å²) in [6, 6.07) is 0. The molecule has 1 rings (SSSR count). The van der Waals surface area contributed by atoms with E-state index in [4.69, 9.17) is 0 Å². The van der Waals surface area contributed by atoms with Crippen molar-refractivity contribution >= 4 is 0 Å². The Kier molecular flexibility index (Phi) is 0.506. The highest BCUT2D eigenvalue weighted by Crippen LogP contribution is 1.87. The molecule has 0 aromatic carbocycles. The van der Waals surface area contributed by atoms with E-state index in [0.717, 1.165) is 0 Å². The maximum absolute atomic E-state index is 3.44. The molecule has 6 heavy (non-hydrogen) atoms. The highest BCUT2D eigenvalue weighted by Gasteiger charge is 1.89. The van der Waals surface area contributed by atoms with Crippen molar-refractivity contribution in [3.63, 3.8) is 0 Å². The van der Waals surface area contributed by atoms with E-state index in [-0.39, 0.29) is 0 Å². The fourth-order valence-electron chi connectivity index (χ4n) is 0.200. The highest BCUT2D eigenvalue weighted by molar-refractivity contribution is 4.85. The van der Waals surface area contributed by atoms with Crippen LogP contribution in [0.25, 0.3) is 0 Å². The van der Waals surface area contributed by atoms with Crippen LogP contribution in [0.4, 0.5) is 0 Å². The van der Waals surface area contributed by atoms with Gasteiger partial charge in [0.25, 0.3) is 0 Å². The molecule has 0 spiro atoms. The molecule has 4 heteroatoms. The van der Waals surface area contributed by atoms with Gasteiger partial charge in [0.05, 0.1) is 0 Å². The van der Waals surface area contributed by atoms with Crippen molar-refractivity contribution in [3.05, 3.63) is 12.4 Å². The Labute approximate surface area is 34.9 Å². The van der Waals surface area contributed by atoms with Gasteiger partial charge in [-0.3, -0.25) is 5.43 Å². The third-order valence-electron chi connectivity index (χ3n) is 0.421. The number of hydrogen-bond donors (Lipinski definition) is 2. The lowest BCUT2D eigenvalue weighted by Crippen LogP contribution is -2.17. The highest BCUT2D eigenvalue weighted by atomic mass is 15.7. The first kappa shape index (κ1) is 3.14. The molecule has 0 amide bonds. The quantitative estimate of drug-likeness (QED) is 0.431. The van der Waals surface area contributed by atoms with Crippen molar-refractivity contribution in [2.24, 2.45) is 10.3 Å². The van der Waals surface area contributed by atoms with Crippen LogP contribution in [0.5, 0.6) is 0 Å². The normalized spacial score (nSPS) is 17.0. The molecule has 0 saturated carbocycles. The van der Waals surface area contributed by atoms with Gasteiger partial charge in [-0.1, -0.05) is 11.8 Å². The van der Waals surface area contributed by atoms with Crippen molar-refractivity contribution in [1.29, 1.82) is 0 Å². The lowest BCUT2D eigenvalue weighted by atomic mass is 10.9. The number of hydrazine groups is 1. The van der Waals surface area contributed by atoms with Gasteiger partial charge in [-0.05, 0) is 0 Å². The van der Waals surface area contributed by atoms with Crippen LogP contribution in [0.15, 0.2) is 22.7 Å². The van der Waals surface area contributed by atoms with Crippen molar-refractivity contribution in [3.8, 4) is 0 Å². The topological polar surface area (TPSA) is 48.8 Å². The monoisotopic (exact) mass is 84.0 g/mol. The third kappa shape index (κ3) is 0.314. The van der Waals surface area contributed by atoms with Crippen molar-refractivity contribution in [2.75, 3.05) is 0 Å². The Morgan fingerprint density at radius 3 is 2.67 bits per heavy atom. The Morgan fingerprint density at radius 1 is 1.67 bits per heavy atom. The van der Waals surface area contributed by atoms with Gasteiger partial charge in [0.2, 0.25) is 0 Å². The second-order valence-electron chi connectivity index (χ2n) is 0.883. The Hall–Kier alpha value is -1.06. The van der Waals surface area contributed by atoms with Crippen LogP contribution in [-0.2, 0) is 0 Å². The minimum atomic E-state index is 0.551. The minimum absolute atomic E-state index is 0.551. The predicted molar refractivity (Wildman–Crippen MR) is 20.3 cm³/mol. The molecule has 1 aliphatic heterocycles. The first-order valence-electron chi connectivity index (χ1n) is 1.50. The van der Waals surface area contributed by atoms with Crippen LogP contribution in [0, 0.1) is 0 Å². The summed E-state index contributed by atoms with van der Waals surface area (Å²) in [6.07, 6.45) is 0. The summed E-state index contributed by atoms with van der Waals surface area (Å²) in [7, 11) is 0. The first-order chi connectivity index (χ1) is 2.89. The van der Waals surface area contributed by atoms with E-state index >= 15 is 0 Å². The van der Waals surface area contributed by atoms with Gasteiger partial charge < -0.3 is 0 Å². The summed E-state index contributed by atoms with van der Waals surface area (Å²) >= 11 is 0. The van der Waals surface area contributed by atoms with Gasteiger partial charge >= 0.3 is 0 Å². The average Bonchev–Trinajstić information content (AvgIpc) is 1.86. The second kappa shape index (κ2) is 0.965. The van der Waals surface area contributed by atoms with Gasteiger partial charge in [-0.15, -0.1) is 5.11 Å². The molecule has 0 saturated heterocycles. The number of hydrogen-bond acceptors (Lipinski definition) is 4. The molecule has 0 aliphatic carbocycles. The Morgan fingerprint density at radius 2 is 2.50 bits per heavy atom.